The molecule has 0 aliphatic rings. The first kappa shape index (κ1) is 43.0. The van der Waals surface area contributed by atoms with E-state index in [0.29, 0.717) is 22.6 Å². The van der Waals surface area contributed by atoms with Crippen LogP contribution in [0.3, 0.4) is 0 Å². The molecule has 0 unspecified atom stereocenters. The number of rotatable bonds is 6. The van der Waals surface area contributed by atoms with Crippen LogP contribution >= 0.6 is 0 Å². The van der Waals surface area contributed by atoms with Crippen LogP contribution in [0.2, 0.25) is 0 Å². The third-order valence-corrected chi connectivity index (χ3v) is 11.3. The molecule has 308 valence electrons. The van der Waals surface area contributed by atoms with Crippen LogP contribution in [0.15, 0.2) is 140 Å². The second-order valence-corrected chi connectivity index (χ2v) is 18.8. The molecule has 0 atom stereocenters. The van der Waals surface area contributed by atoms with Crippen LogP contribution in [0, 0.1) is 17.4 Å². The molecule has 0 radical (unpaired) electrons. The Bertz CT molecular complexity index is 2940. The molecule has 2 aromatic heterocycles. The molecule has 0 amide bonds. The summed E-state index contributed by atoms with van der Waals surface area (Å²) in [5, 5.41) is 22.7. The molecule has 6 aromatic carbocycles. The van der Waals surface area contributed by atoms with E-state index in [4.69, 9.17) is 9.97 Å². The number of hydrogen-bond acceptors (Lipinski definition) is 4. The van der Waals surface area contributed by atoms with Crippen molar-refractivity contribution in [3.8, 4) is 73.5 Å². The molecule has 0 fully saturated rings. The fourth-order valence-corrected chi connectivity index (χ4v) is 8.02. The van der Waals surface area contributed by atoms with E-state index in [2.05, 4.69) is 182 Å². The van der Waals surface area contributed by atoms with E-state index in [9.17, 15) is 10.4 Å². The molecule has 1 N–H and O–H groups in total. The van der Waals surface area contributed by atoms with Gasteiger partial charge in [0.25, 0.3) is 0 Å². The van der Waals surface area contributed by atoms with Crippen molar-refractivity contribution in [2.24, 2.45) is 0 Å². The summed E-state index contributed by atoms with van der Waals surface area (Å²) in [6.07, 6.45) is 1.83. The first-order valence-electron chi connectivity index (χ1n) is 20.6. The molecule has 0 spiro atoms. The van der Waals surface area contributed by atoms with Crippen molar-refractivity contribution in [1.29, 1.82) is 5.26 Å². The Morgan fingerprint density at radius 1 is 0.590 bits per heavy atom. The van der Waals surface area contributed by atoms with Crippen molar-refractivity contribution < 1.29 is 26.2 Å². The van der Waals surface area contributed by atoms with Crippen LogP contribution < -0.4 is 0 Å². The van der Waals surface area contributed by atoms with Crippen molar-refractivity contribution >= 4 is 11.0 Å². The number of phenolic OH excluding ortho intramolecular Hbond substituents is 1. The van der Waals surface area contributed by atoms with E-state index in [1.807, 2.05) is 36.5 Å². The number of aromatic nitrogens is 3. The second-order valence-electron chi connectivity index (χ2n) is 18.8. The topological polar surface area (TPSA) is 74.7 Å². The maximum absolute atomic E-state index is 12.4. The number of phenols is 1. The largest absolute Gasteiger partial charge is 0.507 e. The Hall–Kier alpha value is -6.08. The standard InChI is InChI=1S/C55H51N4O.Pt/c1-53(2,3)41-31-44(51(60)45(32-41)54(4,5)6)52-58-50-43(24-18-26-49(50)59(52)48-25-17-16-23-42(48)36-21-14-11-15-22-36)38-27-37(35-19-12-10-13-20-35)28-39(29-38)47-30-40(33-56)46(34-57-47)55(7,8)9;/h10-28,30-32,34,60H,1-9H3;/q-1;. The molecule has 2 heterocycles. The predicted molar refractivity (Wildman–Crippen MR) is 247 cm³/mol. The normalized spacial score (nSPS) is 11.9. The maximum atomic E-state index is 12.4. The van der Waals surface area contributed by atoms with Gasteiger partial charge in [-0.05, 0) is 56.7 Å². The number of pyridine rings is 1. The van der Waals surface area contributed by atoms with Crippen LogP contribution in [0.4, 0.5) is 0 Å². The number of nitriles is 1. The summed E-state index contributed by atoms with van der Waals surface area (Å²) in [6, 6.07) is 52.0. The SMILES string of the molecule is CC(C)(C)c1cc(-c2nc3c(-c4[c-]c(-c5cc(C#N)c(C(C)(C)C)cn5)cc(-c5ccccc5)c4)cccc3n2-c2ccccc2-c2ccccc2)c(O)c(C(C)(C)C)c1.[Pt]. The summed E-state index contributed by atoms with van der Waals surface area (Å²) in [7, 11) is 0. The Morgan fingerprint density at radius 2 is 1.20 bits per heavy atom. The number of hydrogen-bond donors (Lipinski definition) is 1. The van der Waals surface area contributed by atoms with Gasteiger partial charge >= 0.3 is 0 Å². The fraction of sp³-hybridized carbons (Fsp3) is 0.218. The van der Waals surface area contributed by atoms with Gasteiger partial charge < -0.3 is 5.11 Å². The molecule has 0 bridgehead atoms. The quantitative estimate of drug-likeness (QED) is 0.168. The molecule has 8 aromatic rings. The molecule has 8 rings (SSSR count). The average Bonchev–Trinajstić information content (AvgIpc) is 3.62. The zero-order valence-electron chi connectivity index (χ0n) is 36.3. The third kappa shape index (κ3) is 8.35. The zero-order valence-corrected chi connectivity index (χ0v) is 38.6. The van der Waals surface area contributed by atoms with Crippen molar-refractivity contribution in [3.63, 3.8) is 0 Å². The number of nitrogens with zero attached hydrogens (tertiary/aromatic N) is 4. The van der Waals surface area contributed by atoms with Gasteiger partial charge in [-0.2, -0.15) is 5.26 Å². The Balaban J connectivity index is 0.00000561. The first-order chi connectivity index (χ1) is 28.5. The molecule has 0 saturated heterocycles. The van der Waals surface area contributed by atoms with Gasteiger partial charge in [0.05, 0.1) is 33.9 Å². The first-order valence-corrected chi connectivity index (χ1v) is 20.6. The molecule has 61 heavy (non-hydrogen) atoms. The minimum atomic E-state index is -0.336. The Morgan fingerprint density at radius 3 is 1.84 bits per heavy atom. The number of aromatic hydroxyl groups is 1. The predicted octanol–water partition coefficient (Wildman–Crippen LogP) is 14.0. The molecule has 0 aliphatic heterocycles. The smallest absolute Gasteiger partial charge is 0.148 e. The Labute approximate surface area is 375 Å². The van der Waals surface area contributed by atoms with Crippen LogP contribution in [0.1, 0.15) is 84.6 Å². The average molecular weight is 979 g/mol. The maximum Gasteiger partial charge on any atom is 0.148 e. The van der Waals surface area contributed by atoms with Gasteiger partial charge in [0.2, 0.25) is 0 Å². The summed E-state index contributed by atoms with van der Waals surface area (Å²) < 4.78 is 2.21. The summed E-state index contributed by atoms with van der Waals surface area (Å²) in [6.45, 7) is 19.3. The summed E-state index contributed by atoms with van der Waals surface area (Å²) in [5.74, 6) is 0.872. The van der Waals surface area contributed by atoms with E-state index in [1.54, 1.807) is 0 Å². The van der Waals surface area contributed by atoms with E-state index in [0.717, 1.165) is 72.4 Å². The Kier molecular flexibility index (Phi) is 11.6. The molecule has 6 heteroatoms. The number of benzene rings is 6. The molecular formula is C55H51N4OPt-. The van der Waals surface area contributed by atoms with Gasteiger partial charge in [0.15, 0.2) is 0 Å². The third-order valence-electron chi connectivity index (χ3n) is 11.3. The summed E-state index contributed by atoms with van der Waals surface area (Å²) in [4.78, 5) is 10.5. The number of para-hydroxylation sites is 2. The molecule has 0 aliphatic carbocycles. The molecular weight excluding hydrogens is 928 g/mol. The van der Waals surface area contributed by atoms with Gasteiger partial charge in [-0.25, -0.2) is 4.98 Å². The van der Waals surface area contributed by atoms with E-state index >= 15 is 0 Å². The monoisotopic (exact) mass is 978 g/mol. The van der Waals surface area contributed by atoms with Crippen molar-refractivity contribution in [1.82, 2.24) is 14.5 Å². The van der Waals surface area contributed by atoms with Crippen LogP contribution in [-0.4, -0.2) is 19.6 Å². The second kappa shape index (κ2) is 16.4. The van der Waals surface area contributed by atoms with Crippen LogP contribution in [0.25, 0.3) is 72.7 Å². The molecule has 0 saturated carbocycles. The van der Waals surface area contributed by atoms with Crippen molar-refractivity contribution in [3.05, 3.63) is 168 Å². The van der Waals surface area contributed by atoms with Gasteiger partial charge in [0.1, 0.15) is 11.6 Å². The van der Waals surface area contributed by atoms with E-state index < -0.39 is 0 Å². The van der Waals surface area contributed by atoms with E-state index in [-0.39, 0.29) is 43.1 Å². The minimum Gasteiger partial charge on any atom is -0.507 e. The fourth-order valence-electron chi connectivity index (χ4n) is 8.02. The van der Waals surface area contributed by atoms with Gasteiger partial charge in [-0.3, -0.25) is 9.55 Å². The van der Waals surface area contributed by atoms with E-state index in [1.165, 1.54) is 0 Å². The zero-order chi connectivity index (χ0) is 42.6. The van der Waals surface area contributed by atoms with Crippen LogP contribution in [-0.2, 0) is 37.3 Å². The number of imidazole rings is 1. The van der Waals surface area contributed by atoms with Gasteiger partial charge in [-0.15, -0.1) is 23.8 Å². The van der Waals surface area contributed by atoms with Gasteiger partial charge in [0, 0.05) is 44.1 Å². The summed E-state index contributed by atoms with van der Waals surface area (Å²) in [5.41, 5.74) is 13.4. The minimum absolute atomic E-state index is 0. The summed E-state index contributed by atoms with van der Waals surface area (Å²) >= 11 is 0. The van der Waals surface area contributed by atoms with Gasteiger partial charge in [-0.1, -0.05) is 182 Å². The molecule has 5 nitrogen and oxygen atoms in total. The van der Waals surface area contributed by atoms with Crippen LogP contribution in [0.5, 0.6) is 5.75 Å². The van der Waals surface area contributed by atoms with Crippen molar-refractivity contribution in [2.75, 3.05) is 0 Å². The number of fused-ring (bicyclic) bond motifs is 1. The van der Waals surface area contributed by atoms with Crippen molar-refractivity contribution in [2.45, 2.75) is 78.6 Å².